The van der Waals surface area contributed by atoms with E-state index in [1.165, 1.54) is 15.3 Å². The van der Waals surface area contributed by atoms with Crippen molar-refractivity contribution in [2.75, 3.05) is 13.1 Å². The number of thiazole rings is 1. The van der Waals surface area contributed by atoms with Gasteiger partial charge in [-0.05, 0) is 42.5 Å². The van der Waals surface area contributed by atoms with Gasteiger partial charge >= 0.3 is 0 Å². The number of hydrogen-bond acceptors (Lipinski definition) is 3. The van der Waals surface area contributed by atoms with Crippen molar-refractivity contribution in [2.24, 2.45) is 0 Å². The van der Waals surface area contributed by atoms with E-state index < -0.39 is 0 Å². The lowest BCUT2D eigenvalue weighted by Gasteiger charge is -2.31. The van der Waals surface area contributed by atoms with Crippen LogP contribution in [0.2, 0.25) is 0 Å². The van der Waals surface area contributed by atoms with Crippen LogP contribution in [0.15, 0.2) is 48.5 Å². The number of carbonyl (C=O) groups is 1. The molecule has 0 unspecified atom stereocenters. The normalized spacial score (nSPS) is 15.5. The van der Waals surface area contributed by atoms with Crippen molar-refractivity contribution in [1.82, 2.24) is 9.88 Å². The molecule has 1 amide bonds. The van der Waals surface area contributed by atoms with E-state index in [4.69, 9.17) is 4.98 Å². The molecule has 0 atom stereocenters. The smallest absolute Gasteiger partial charge is 0.226 e. The maximum atomic E-state index is 12.6. The highest BCUT2D eigenvalue weighted by Gasteiger charge is 2.25. The SMILES string of the molecule is CCc1ccc(CC(=O)N2CCC(c3nc4ccccc4s3)CC2)cc1. The lowest BCUT2D eigenvalue weighted by atomic mass is 9.97. The fraction of sp³-hybridized carbons (Fsp3) is 0.364. The summed E-state index contributed by atoms with van der Waals surface area (Å²) in [5.41, 5.74) is 3.53. The second-order valence-corrected chi connectivity index (χ2v) is 8.08. The second kappa shape index (κ2) is 7.58. The van der Waals surface area contributed by atoms with Crippen molar-refractivity contribution in [1.29, 1.82) is 0 Å². The predicted octanol–water partition coefficient (Wildman–Crippen LogP) is 4.81. The van der Waals surface area contributed by atoms with E-state index in [2.05, 4.69) is 49.4 Å². The van der Waals surface area contributed by atoms with Gasteiger partial charge in [0.05, 0.1) is 21.6 Å². The minimum Gasteiger partial charge on any atom is -0.342 e. The maximum absolute atomic E-state index is 12.6. The summed E-state index contributed by atoms with van der Waals surface area (Å²) in [6.45, 7) is 3.83. The van der Waals surface area contributed by atoms with Gasteiger partial charge in [-0.1, -0.05) is 43.3 Å². The first kappa shape index (κ1) is 17.2. The topological polar surface area (TPSA) is 33.2 Å². The van der Waals surface area contributed by atoms with Crippen molar-refractivity contribution in [2.45, 2.75) is 38.5 Å². The van der Waals surface area contributed by atoms with E-state index in [1.807, 2.05) is 11.0 Å². The fourth-order valence-electron chi connectivity index (χ4n) is 3.62. The van der Waals surface area contributed by atoms with Crippen molar-refractivity contribution >= 4 is 27.5 Å². The number of rotatable bonds is 4. The Bertz CT molecular complexity index is 859. The van der Waals surface area contributed by atoms with Crippen molar-refractivity contribution in [3.63, 3.8) is 0 Å². The van der Waals surface area contributed by atoms with Crippen LogP contribution in [-0.2, 0) is 17.6 Å². The number of benzene rings is 2. The molecular weight excluding hydrogens is 340 g/mol. The van der Waals surface area contributed by atoms with Gasteiger partial charge in [0.25, 0.3) is 0 Å². The minimum atomic E-state index is 0.247. The molecule has 4 heteroatoms. The predicted molar refractivity (Wildman–Crippen MR) is 108 cm³/mol. The summed E-state index contributed by atoms with van der Waals surface area (Å²) in [5.74, 6) is 0.734. The van der Waals surface area contributed by atoms with Crippen molar-refractivity contribution in [3.05, 3.63) is 64.7 Å². The number of carbonyl (C=O) groups excluding carboxylic acids is 1. The van der Waals surface area contributed by atoms with Crippen LogP contribution in [0.25, 0.3) is 10.2 Å². The zero-order valence-electron chi connectivity index (χ0n) is 15.1. The van der Waals surface area contributed by atoms with Crippen LogP contribution >= 0.6 is 11.3 Å². The Kier molecular flexibility index (Phi) is 5.02. The molecule has 134 valence electrons. The van der Waals surface area contributed by atoms with Gasteiger partial charge < -0.3 is 4.90 Å². The van der Waals surface area contributed by atoms with Gasteiger partial charge in [0, 0.05) is 19.0 Å². The number of para-hydroxylation sites is 1. The van der Waals surface area contributed by atoms with Gasteiger partial charge in [0.15, 0.2) is 0 Å². The largest absolute Gasteiger partial charge is 0.342 e. The lowest BCUT2D eigenvalue weighted by molar-refractivity contribution is -0.131. The summed E-state index contributed by atoms with van der Waals surface area (Å²) in [6, 6.07) is 16.8. The monoisotopic (exact) mass is 364 g/mol. The Balaban J connectivity index is 1.35. The number of likely N-dealkylation sites (tertiary alicyclic amines) is 1. The molecule has 1 aliphatic heterocycles. The van der Waals surface area contributed by atoms with Gasteiger partial charge in [0.1, 0.15) is 0 Å². The molecule has 3 aromatic rings. The van der Waals surface area contributed by atoms with Gasteiger partial charge in [-0.15, -0.1) is 11.3 Å². The molecule has 3 nitrogen and oxygen atoms in total. The van der Waals surface area contributed by atoms with Gasteiger partial charge in [0.2, 0.25) is 5.91 Å². The zero-order valence-corrected chi connectivity index (χ0v) is 16.0. The Hall–Kier alpha value is -2.20. The van der Waals surface area contributed by atoms with E-state index in [0.29, 0.717) is 12.3 Å². The van der Waals surface area contributed by atoms with Crippen LogP contribution in [0.3, 0.4) is 0 Å². The molecular formula is C22H24N2OS. The number of piperidine rings is 1. The molecule has 1 aliphatic rings. The van der Waals surface area contributed by atoms with Crippen LogP contribution in [0, 0.1) is 0 Å². The number of fused-ring (bicyclic) bond motifs is 1. The summed E-state index contributed by atoms with van der Waals surface area (Å²) in [4.78, 5) is 19.4. The first-order valence-electron chi connectivity index (χ1n) is 9.44. The fourth-order valence-corrected chi connectivity index (χ4v) is 4.76. The third kappa shape index (κ3) is 3.65. The van der Waals surface area contributed by atoms with Crippen molar-refractivity contribution < 1.29 is 4.79 Å². The highest BCUT2D eigenvalue weighted by molar-refractivity contribution is 7.18. The molecule has 26 heavy (non-hydrogen) atoms. The summed E-state index contributed by atoms with van der Waals surface area (Å²) in [7, 11) is 0. The van der Waals surface area contributed by atoms with E-state index >= 15 is 0 Å². The number of amides is 1. The van der Waals surface area contributed by atoms with Crippen LogP contribution in [0.4, 0.5) is 0 Å². The summed E-state index contributed by atoms with van der Waals surface area (Å²) in [5, 5.41) is 1.23. The molecule has 2 aromatic carbocycles. The number of aryl methyl sites for hydroxylation is 1. The van der Waals surface area contributed by atoms with Crippen LogP contribution < -0.4 is 0 Å². The molecule has 0 bridgehead atoms. The second-order valence-electron chi connectivity index (χ2n) is 7.02. The van der Waals surface area contributed by atoms with E-state index in [0.717, 1.165) is 43.4 Å². The Morgan fingerprint density at radius 2 is 1.77 bits per heavy atom. The highest BCUT2D eigenvalue weighted by atomic mass is 32.1. The lowest BCUT2D eigenvalue weighted by Crippen LogP contribution is -2.38. The maximum Gasteiger partial charge on any atom is 0.226 e. The van der Waals surface area contributed by atoms with E-state index in [1.54, 1.807) is 11.3 Å². The first-order valence-corrected chi connectivity index (χ1v) is 10.3. The van der Waals surface area contributed by atoms with Crippen LogP contribution in [-0.4, -0.2) is 28.9 Å². The third-order valence-electron chi connectivity index (χ3n) is 5.29. The summed E-state index contributed by atoms with van der Waals surface area (Å²) >= 11 is 1.80. The Morgan fingerprint density at radius 3 is 2.46 bits per heavy atom. The molecule has 0 spiro atoms. The number of aromatic nitrogens is 1. The van der Waals surface area contributed by atoms with Gasteiger partial charge in [-0.3, -0.25) is 4.79 Å². The van der Waals surface area contributed by atoms with Crippen LogP contribution in [0.1, 0.15) is 41.8 Å². The molecule has 4 rings (SSSR count). The molecule has 1 fully saturated rings. The minimum absolute atomic E-state index is 0.247. The standard InChI is InChI=1S/C22H24N2OS/c1-2-16-7-9-17(10-8-16)15-21(25)24-13-11-18(12-14-24)22-23-19-5-3-4-6-20(19)26-22/h3-10,18H,2,11-15H2,1H3. The summed E-state index contributed by atoms with van der Waals surface area (Å²) < 4.78 is 1.26. The first-order chi connectivity index (χ1) is 12.7. The van der Waals surface area contributed by atoms with Gasteiger partial charge in [-0.2, -0.15) is 0 Å². The molecule has 1 aromatic heterocycles. The summed E-state index contributed by atoms with van der Waals surface area (Å²) in [6.07, 6.45) is 3.57. The van der Waals surface area contributed by atoms with E-state index in [-0.39, 0.29) is 5.91 Å². The highest BCUT2D eigenvalue weighted by Crippen LogP contribution is 2.33. The number of hydrogen-bond donors (Lipinski definition) is 0. The average Bonchev–Trinajstić information content (AvgIpc) is 3.13. The molecule has 0 N–H and O–H groups in total. The third-order valence-corrected chi connectivity index (χ3v) is 6.49. The average molecular weight is 365 g/mol. The van der Waals surface area contributed by atoms with Gasteiger partial charge in [-0.25, -0.2) is 4.98 Å². The van der Waals surface area contributed by atoms with Crippen molar-refractivity contribution in [3.8, 4) is 0 Å². The number of nitrogens with zero attached hydrogens (tertiary/aromatic N) is 2. The van der Waals surface area contributed by atoms with Crippen LogP contribution in [0.5, 0.6) is 0 Å². The Labute approximate surface area is 158 Å². The molecule has 0 radical (unpaired) electrons. The molecule has 0 aliphatic carbocycles. The molecule has 2 heterocycles. The van der Waals surface area contributed by atoms with E-state index in [9.17, 15) is 4.79 Å². The zero-order chi connectivity index (χ0) is 17.9. The molecule has 1 saturated heterocycles. The quantitative estimate of drug-likeness (QED) is 0.666. The molecule has 0 saturated carbocycles. The Morgan fingerprint density at radius 1 is 1.08 bits per heavy atom.